The van der Waals surface area contributed by atoms with Crippen LogP contribution in [0.15, 0.2) is 0 Å². The third-order valence-electron chi connectivity index (χ3n) is 2.70. The Balaban J connectivity index is 2.09. The van der Waals surface area contributed by atoms with Crippen LogP contribution < -0.4 is 11.1 Å². The van der Waals surface area contributed by atoms with Crippen LogP contribution in [0.25, 0.3) is 0 Å². The fraction of sp³-hybridized carbons (Fsp3) is 1.00. The van der Waals surface area contributed by atoms with E-state index in [-0.39, 0.29) is 0 Å². The highest BCUT2D eigenvalue weighted by Crippen LogP contribution is 2.27. The standard InChI is InChI=1S/C9H20N2/c1-2-8-3-4-9(7-8)11-6-5-10/h8-9,11H,2-7,10H2,1H3. The molecule has 0 bridgehead atoms. The molecule has 2 atom stereocenters. The SMILES string of the molecule is CCC1CCC(NCCN)C1. The zero-order valence-corrected chi connectivity index (χ0v) is 7.47. The summed E-state index contributed by atoms with van der Waals surface area (Å²) in [6.07, 6.45) is 5.49. The van der Waals surface area contributed by atoms with Gasteiger partial charge in [0, 0.05) is 19.1 Å². The summed E-state index contributed by atoms with van der Waals surface area (Å²) in [5.41, 5.74) is 5.41. The molecule has 2 nitrogen and oxygen atoms in total. The molecule has 3 N–H and O–H groups in total. The second-order valence-electron chi connectivity index (χ2n) is 3.53. The minimum absolute atomic E-state index is 0.767. The lowest BCUT2D eigenvalue weighted by Crippen LogP contribution is -2.31. The highest BCUT2D eigenvalue weighted by Gasteiger charge is 2.21. The van der Waals surface area contributed by atoms with Gasteiger partial charge in [0.2, 0.25) is 0 Å². The number of hydrogen-bond donors (Lipinski definition) is 2. The Morgan fingerprint density at radius 1 is 1.45 bits per heavy atom. The van der Waals surface area contributed by atoms with Crippen molar-refractivity contribution in [3.05, 3.63) is 0 Å². The smallest absolute Gasteiger partial charge is 0.00770 e. The van der Waals surface area contributed by atoms with Crippen molar-refractivity contribution < 1.29 is 0 Å². The fourth-order valence-electron chi connectivity index (χ4n) is 1.92. The van der Waals surface area contributed by atoms with E-state index in [0.717, 1.165) is 25.0 Å². The molecular formula is C9H20N2. The molecular weight excluding hydrogens is 136 g/mol. The molecule has 0 radical (unpaired) electrons. The van der Waals surface area contributed by atoms with Gasteiger partial charge < -0.3 is 11.1 Å². The van der Waals surface area contributed by atoms with Crippen molar-refractivity contribution >= 4 is 0 Å². The molecule has 66 valence electrons. The highest BCUT2D eigenvalue weighted by atomic mass is 14.9. The zero-order chi connectivity index (χ0) is 8.10. The van der Waals surface area contributed by atoms with Crippen LogP contribution in [0, 0.1) is 5.92 Å². The lowest BCUT2D eigenvalue weighted by Gasteiger charge is -2.11. The molecule has 0 aromatic heterocycles. The molecule has 0 spiro atoms. The van der Waals surface area contributed by atoms with Gasteiger partial charge in [-0.15, -0.1) is 0 Å². The molecule has 1 saturated carbocycles. The maximum Gasteiger partial charge on any atom is 0.00770 e. The van der Waals surface area contributed by atoms with Gasteiger partial charge in [0.25, 0.3) is 0 Å². The summed E-state index contributed by atoms with van der Waals surface area (Å²) in [6, 6.07) is 0.767. The molecule has 2 heteroatoms. The largest absolute Gasteiger partial charge is 0.329 e. The van der Waals surface area contributed by atoms with Gasteiger partial charge in [-0.25, -0.2) is 0 Å². The maximum absolute atomic E-state index is 5.41. The highest BCUT2D eigenvalue weighted by molar-refractivity contribution is 4.79. The summed E-state index contributed by atoms with van der Waals surface area (Å²) in [7, 11) is 0. The molecule has 1 fully saturated rings. The molecule has 11 heavy (non-hydrogen) atoms. The summed E-state index contributed by atoms with van der Waals surface area (Å²) in [5.74, 6) is 0.977. The van der Waals surface area contributed by atoms with E-state index >= 15 is 0 Å². The van der Waals surface area contributed by atoms with Crippen LogP contribution in [-0.2, 0) is 0 Å². The molecule has 0 aromatic rings. The van der Waals surface area contributed by atoms with E-state index in [2.05, 4.69) is 12.2 Å². The molecule has 0 saturated heterocycles. The van der Waals surface area contributed by atoms with Crippen LogP contribution in [0.3, 0.4) is 0 Å². The predicted molar refractivity (Wildman–Crippen MR) is 48.5 cm³/mol. The molecule has 0 heterocycles. The van der Waals surface area contributed by atoms with E-state index in [1.54, 1.807) is 0 Å². The molecule has 0 amide bonds. The topological polar surface area (TPSA) is 38.0 Å². The first-order valence-electron chi connectivity index (χ1n) is 4.80. The second-order valence-corrected chi connectivity index (χ2v) is 3.53. The van der Waals surface area contributed by atoms with Crippen molar-refractivity contribution in [2.75, 3.05) is 13.1 Å². The summed E-state index contributed by atoms with van der Waals surface area (Å²) in [6.45, 7) is 4.05. The van der Waals surface area contributed by atoms with Crippen LogP contribution in [0.5, 0.6) is 0 Å². The quantitative estimate of drug-likeness (QED) is 0.640. The van der Waals surface area contributed by atoms with E-state index in [9.17, 15) is 0 Å². The Morgan fingerprint density at radius 3 is 2.82 bits per heavy atom. The van der Waals surface area contributed by atoms with Gasteiger partial charge in [-0.2, -0.15) is 0 Å². The maximum atomic E-state index is 5.41. The van der Waals surface area contributed by atoms with Gasteiger partial charge >= 0.3 is 0 Å². The van der Waals surface area contributed by atoms with Crippen molar-refractivity contribution in [3.8, 4) is 0 Å². The monoisotopic (exact) mass is 156 g/mol. The molecule has 1 aliphatic carbocycles. The van der Waals surface area contributed by atoms with E-state index in [0.29, 0.717) is 0 Å². The Bertz CT molecular complexity index is 104. The van der Waals surface area contributed by atoms with Crippen LogP contribution in [0.2, 0.25) is 0 Å². The van der Waals surface area contributed by atoms with Gasteiger partial charge in [0.15, 0.2) is 0 Å². The second kappa shape index (κ2) is 4.73. The van der Waals surface area contributed by atoms with Gasteiger partial charge in [0.1, 0.15) is 0 Å². The van der Waals surface area contributed by atoms with Crippen LogP contribution >= 0.6 is 0 Å². The lowest BCUT2D eigenvalue weighted by molar-refractivity contribution is 0.481. The van der Waals surface area contributed by atoms with Crippen molar-refractivity contribution in [2.45, 2.75) is 38.6 Å². The van der Waals surface area contributed by atoms with Crippen molar-refractivity contribution in [3.63, 3.8) is 0 Å². The third kappa shape index (κ3) is 2.80. The van der Waals surface area contributed by atoms with Gasteiger partial charge in [-0.3, -0.25) is 0 Å². The summed E-state index contributed by atoms with van der Waals surface area (Å²) >= 11 is 0. The van der Waals surface area contributed by atoms with E-state index in [1.165, 1.54) is 25.7 Å². The molecule has 0 aromatic carbocycles. The third-order valence-corrected chi connectivity index (χ3v) is 2.70. The number of rotatable bonds is 4. The van der Waals surface area contributed by atoms with Crippen molar-refractivity contribution in [1.29, 1.82) is 0 Å². The minimum Gasteiger partial charge on any atom is -0.329 e. The first-order valence-corrected chi connectivity index (χ1v) is 4.80. The van der Waals surface area contributed by atoms with Gasteiger partial charge in [-0.1, -0.05) is 13.3 Å². The van der Waals surface area contributed by atoms with Crippen LogP contribution in [0.4, 0.5) is 0 Å². The van der Waals surface area contributed by atoms with Gasteiger partial charge in [-0.05, 0) is 25.2 Å². The Hall–Kier alpha value is -0.0800. The number of hydrogen-bond acceptors (Lipinski definition) is 2. The normalized spacial score (nSPS) is 31.1. The Morgan fingerprint density at radius 2 is 2.27 bits per heavy atom. The average Bonchev–Trinajstić information content (AvgIpc) is 2.48. The van der Waals surface area contributed by atoms with Crippen molar-refractivity contribution in [2.24, 2.45) is 11.7 Å². The van der Waals surface area contributed by atoms with Gasteiger partial charge in [0.05, 0.1) is 0 Å². The average molecular weight is 156 g/mol. The predicted octanol–water partition coefficient (Wildman–Crippen LogP) is 1.11. The van der Waals surface area contributed by atoms with Crippen LogP contribution in [-0.4, -0.2) is 19.1 Å². The summed E-state index contributed by atoms with van der Waals surface area (Å²) in [5, 5.41) is 3.47. The van der Waals surface area contributed by atoms with E-state index < -0.39 is 0 Å². The number of nitrogens with one attached hydrogen (secondary N) is 1. The molecule has 1 rings (SSSR count). The first kappa shape index (κ1) is 9.01. The number of nitrogens with two attached hydrogens (primary N) is 1. The molecule has 1 aliphatic rings. The van der Waals surface area contributed by atoms with Crippen molar-refractivity contribution in [1.82, 2.24) is 5.32 Å². The molecule has 0 aliphatic heterocycles. The Labute approximate surface area is 69.5 Å². The first-order chi connectivity index (χ1) is 5.36. The Kier molecular flexibility index (Phi) is 3.87. The minimum atomic E-state index is 0.767. The summed E-state index contributed by atoms with van der Waals surface area (Å²) in [4.78, 5) is 0. The van der Waals surface area contributed by atoms with E-state index in [4.69, 9.17) is 5.73 Å². The lowest BCUT2D eigenvalue weighted by atomic mass is 10.1. The summed E-state index contributed by atoms with van der Waals surface area (Å²) < 4.78 is 0. The van der Waals surface area contributed by atoms with Crippen LogP contribution in [0.1, 0.15) is 32.6 Å². The zero-order valence-electron chi connectivity index (χ0n) is 7.47. The van der Waals surface area contributed by atoms with E-state index in [1.807, 2.05) is 0 Å². The fourth-order valence-corrected chi connectivity index (χ4v) is 1.92. The molecule has 2 unspecified atom stereocenters.